The van der Waals surface area contributed by atoms with Crippen LogP contribution in [0.25, 0.3) is 0 Å². The van der Waals surface area contributed by atoms with Crippen molar-refractivity contribution in [2.75, 3.05) is 7.05 Å². The van der Waals surface area contributed by atoms with Crippen molar-refractivity contribution in [3.63, 3.8) is 0 Å². The SMILES string of the molecule is CNC1CCC(CC2CCCC2)CC1. The van der Waals surface area contributed by atoms with Gasteiger partial charge in [0.2, 0.25) is 0 Å². The Labute approximate surface area is 88.7 Å². The van der Waals surface area contributed by atoms with E-state index in [-0.39, 0.29) is 0 Å². The molecule has 0 heterocycles. The summed E-state index contributed by atoms with van der Waals surface area (Å²) in [6.45, 7) is 0. The van der Waals surface area contributed by atoms with Gasteiger partial charge in [-0.1, -0.05) is 25.7 Å². The van der Waals surface area contributed by atoms with Crippen LogP contribution in [0.1, 0.15) is 57.8 Å². The molecule has 0 amide bonds. The van der Waals surface area contributed by atoms with E-state index >= 15 is 0 Å². The Bertz CT molecular complexity index is 153. The van der Waals surface area contributed by atoms with Crippen LogP contribution < -0.4 is 5.32 Å². The molecule has 1 N–H and O–H groups in total. The summed E-state index contributed by atoms with van der Waals surface area (Å²) in [7, 11) is 2.11. The highest BCUT2D eigenvalue weighted by atomic mass is 14.9. The van der Waals surface area contributed by atoms with Crippen molar-refractivity contribution >= 4 is 0 Å². The van der Waals surface area contributed by atoms with Crippen molar-refractivity contribution < 1.29 is 0 Å². The Morgan fingerprint density at radius 2 is 1.43 bits per heavy atom. The third-order valence-corrected chi connectivity index (χ3v) is 4.40. The molecular formula is C13H25N. The van der Waals surface area contributed by atoms with Gasteiger partial charge in [0.1, 0.15) is 0 Å². The third-order valence-electron chi connectivity index (χ3n) is 4.40. The number of hydrogen-bond donors (Lipinski definition) is 1. The Balaban J connectivity index is 1.67. The summed E-state index contributed by atoms with van der Waals surface area (Å²) in [5.41, 5.74) is 0. The van der Waals surface area contributed by atoms with E-state index in [2.05, 4.69) is 12.4 Å². The first-order chi connectivity index (χ1) is 6.88. The van der Waals surface area contributed by atoms with Crippen LogP contribution in [-0.4, -0.2) is 13.1 Å². The van der Waals surface area contributed by atoms with Crippen molar-refractivity contribution in [3.8, 4) is 0 Å². The van der Waals surface area contributed by atoms with Gasteiger partial charge in [0, 0.05) is 6.04 Å². The van der Waals surface area contributed by atoms with E-state index in [9.17, 15) is 0 Å². The maximum absolute atomic E-state index is 3.42. The lowest BCUT2D eigenvalue weighted by atomic mass is 9.80. The zero-order chi connectivity index (χ0) is 9.80. The molecule has 0 saturated heterocycles. The average Bonchev–Trinajstić information content (AvgIpc) is 2.72. The molecule has 0 aliphatic heterocycles. The van der Waals surface area contributed by atoms with Crippen molar-refractivity contribution in [3.05, 3.63) is 0 Å². The van der Waals surface area contributed by atoms with Gasteiger partial charge in [-0.2, -0.15) is 0 Å². The summed E-state index contributed by atoms with van der Waals surface area (Å²) in [6.07, 6.45) is 13.5. The predicted molar refractivity (Wildman–Crippen MR) is 61.4 cm³/mol. The molecule has 2 aliphatic carbocycles. The quantitative estimate of drug-likeness (QED) is 0.728. The molecule has 1 heteroatoms. The van der Waals surface area contributed by atoms with E-state index < -0.39 is 0 Å². The summed E-state index contributed by atoms with van der Waals surface area (Å²) >= 11 is 0. The van der Waals surface area contributed by atoms with Crippen molar-refractivity contribution in [1.82, 2.24) is 5.32 Å². The fraction of sp³-hybridized carbons (Fsp3) is 1.00. The van der Waals surface area contributed by atoms with Gasteiger partial charge in [0.25, 0.3) is 0 Å². The summed E-state index contributed by atoms with van der Waals surface area (Å²) in [5.74, 6) is 2.17. The highest BCUT2D eigenvalue weighted by Crippen LogP contribution is 2.35. The molecule has 0 atom stereocenters. The zero-order valence-electron chi connectivity index (χ0n) is 9.60. The topological polar surface area (TPSA) is 12.0 Å². The van der Waals surface area contributed by atoms with Gasteiger partial charge in [0.15, 0.2) is 0 Å². The summed E-state index contributed by atoms with van der Waals surface area (Å²) in [5, 5.41) is 3.42. The first-order valence-corrected chi connectivity index (χ1v) is 6.55. The molecule has 1 nitrogen and oxygen atoms in total. The van der Waals surface area contributed by atoms with Gasteiger partial charge in [-0.3, -0.25) is 0 Å². The first-order valence-electron chi connectivity index (χ1n) is 6.55. The molecule has 0 radical (unpaired) electrons. The molecule has 0 aromatic heterocycles. The second-order valence-corrected chi connectivity index (χ2v) is 5.39. The van der Waals surface area contributed by atoms with E-state index in [1.165, 1.54) is 51.4 Å². The third kappa shape index (κ3) is 2.73. The van der Waals surface area contributed by atoms with Crippen LogP contribution in [0.3, 0.4) is 0 Å². The average molecular weight is 195 g/mol. The van der Waals surface area contributed by atoms with Crippen LogP contribution in [0.2, 0.25) is 0 Å². The fourth-order valence-corrected chi connectivity index (χ4v) is 3.40. The second-order valence-electron chi connectivity index (χ2n) is 5.39. The predicted octanol–water partition coefficient (Wildman–Crippen LogP) is 3.34. The Kier molecular flexibility index (Phi) is 3.86. The molecule has 0 aromatic carbocycles. The van der Waals surface area contributed by atoms with E-state index in [1.807, 2.05) is 0 Å². The minimum absolute atomic E-state index is 0.829. The highest BCUT2D eigenvalue weighted by Gasteiger charge is 2.24. The van der Waals surface area contributed by atoms with E-state index in [0.717, 1.165) is 17.9 Å². The van der Waals surface area contributed by atoms with Crippen molar-refractivity contribution in [2.45, 2.75) is 63.8 Å². The Morgan fingerprint density at radius 3 is 2.00 bits per heavy atom. The highest BCUT2D eigenvalue weighted by molar-refractivity contribution is 4.79. The molecule has 0 aromatic rings. The van der Waals surface area contributed by atoms with Crippen LogP contribution in [0.15, 0.2) is 0 Å². The minimum Gasteiger partial charge on any atom is -0.317 e. The summed E-state index contributed by atoms with van der Waals surface area (Å²) in [6, 6.07) is 0.829. The van der Waals surface area contributed by atoms with Gasteiger partial charge in [-0.05, 0) is 51.0 Å². The number of rotatable bonds is 3. The van der Waals surface area contributed by atoms with Gasteiger partial charge >= 0.3 is 0 Å². The van der Waals surface area contributed by atoms with Crippen LogP contribution in [0.4, 0.5) is 0 Å². The van der Waals surface area contributed by atoms with Gasteiger partial charge in [-0.15, -0.1) is 0 Å². The maximum atomic E-state index is 3.42. The zero-order valence-corrected chi connectivity index (χ0v) is 9.60. The summed E-state index contributed by atoms with van der Waals surface area (Å²) < 4.78 is 0. The van der Waals surface area contributed by atoms with Gasteiger partial charge < -0.3 is 5.32 Å². The molecule has 14 heavy (non-hydrogen) atoms. The molecule has 2 aliphatic rings. The Hall–Kier alpha value is -0.0400. The van der Waals surface area contributed by atoms with Crippen molar-refractivity contribution in [2.24, 2.45) is 11.8 Å². The lowest BCUT2D eigenvalue weighted by Crippen LogP contribution is -2.30. The minimum atomic E-state index is 0.829. The van der Waals surface area contributed by atoms with E-state index in [0.29, 0.717) is 0 Å². The first kappa shape index (κ1) is 10.5. The largest absolute Gasteiger partial charge is 0.317 e. The van der Waals surface area contributed by atoms with Crippen LogP contribution in [0.5, 0.6) is 0 Å². The normalized spacial score (nSPS) is 34.9. The summed E-state index contributed by atoms with van der Waals surface area (Å²) in [4.78, 5) is 0. The lowest BCUT2D eigenvalue weighted by Gasteiger charge is -2.29. The van der Waals surface area contributed by atoms with Gasteiger partial charge in [0.05, 0.1) is 0 Å². The number of nitrogens with one attached hydrogen (secondary N) is 1. The second kappa shape index (κ2) is 5.16. The van der Waals surface area contributed by atoms with Crippen LogP contribution >= 0.6 is 0 Å². The van der Waals surface area contributed by atoms with Crippen LogP contribution in [0, 0.1) is 11.8 Å². The van der Waals surface area contributed by atoms with E-state index in [4.69, 9.17) is 0 Å². The molecule has 0 bridgehead atoms. The monoisotopic (exact) mass is 195 g/mol. The van der Waals surface area contributed by atoms with Crippen LogP contribution in [-0.2, 0) is 0 Å². The molecule has 82 valence electrons. The van der Waals surface area contributed by atoms with Gasteiger partial charge in [-0.25, -0.2) is 0 Å². The maximum Gasteiger partial charge on any atom is 0.00642 e. The molecule has 2 rings (SSSR count). The molecule has 2 saturated carbocycles. The van der Waals surface area contributed by atoms with E-state index in [1.54, 1.807) is 6.42 Å². The fourth-order valence-electron chi connectivity index (χ4n) is 3.40. The number of hydrogen-bond acceptors (Lipinski definition) is 1. The van der Waals surface area contributed by atoms with Crippen molar-refractivity contribution in [1.29, 1.82) is 0 Å². The molecule has 2 fully saturated rings. The molecule has 0 unspecified atom stereocenters. The lowest BCUT2D eigenvalue weighted by molar-refractivity contribution is 0.256. The molecular weight excluding hydrogens is 170 g/mol. The smallest absolute Gasteiger partial charge is 0.00642 e. The standard InChI is InChI=1S/C13H25N/c1-14-13-8-6-12(7-9-13)10-11-4-2-3-5-11/h11-14H,2-10H2,1H3. The Morgan fingerprint density at radius 1 is 0.857 bits per heavy atom. The molecule has 0 spiro atoms.